The molecule has 0 bridgehead atoms. The zero-order valence-corrected chi connectivity index (χ0v) is 10.9. The number of rotatable bonds is 4. The first-order valence-electron chi connectivity index (χ1n) is 6.83. The molecule has 2 aliphatic rings. The van der Waals surface area contributed by atoms with Crippen molar-refractivity contribution in [2.75, 3.05) is 19.7 Å². The van der Waals surface area contributed by atoms with Gasteiger partial charge in [0, 0.05) is 25.2 Å². The van der Waals surface area contributed by atoms with Crippen LogP contribution in [0, 0.1) is 5.92 Å². The van der Waals surface area contributed by atoms with Crippen LogP contribution in [0.3, 0.4) is 0 Å². The summed E-state index contributed by atoms with van der Waals surface area (Å²) in [5, 5.41) is 3.62. The van der Waals surface area contributed by atoms with Crippen molar-refractivity contribution >= 4 is 6.09 Å². The standard InChI is InChI=1S/C13H24N2O2/c1-10(2)9-17-13(16)15-7-5-12(6-8-15)14-11-3-4-11/h10-12,14H,3-9H2,1-2H3. The van der Waals surface area contributed by atoms with Gasteiger partial charge in [0.1, 0.15) is 0 Å². The maximum Gasteiger partial charge on any atom is 0.409 e. The summed E-state index contributed by atoms with van der Waals surface area (Å²) in [5.41, 5.74) is 0. The van der Waals surface area contributed by atoms with E-state index in [1.54, 1.807) is 0 Å². The molecule has 1 heterocycles. The van der Waals surface area contributed by atoms with Gasteiger partial charge in [-0.25, -0.2) is 4.79 Å². The number of carbonyl (C=O) groups is 1. The smallest absolute Gasteiger partial charge is 0.409 e. The molecule has 0 atom stereocenters. The highest BCUT2D eigenvalue weighted by Crippen LogP contribution is 2.22. The quantitative estimate of drug-likeness (QED) is 0.817. The molecular weight excluding hydrogens is 216 g/mol. The summed E-state index contributed by atoms with van der Waals surface area (Å²) in [4.78, 5) is 13.6. The molecule has 1 saturated heterocycles. The van der Waals surface area contributed by atoms with E-state index in [2.05, 4.69) is 19.2 Å². The van der Waals surface area contributed by atoms with Gasteiger partial charge < -0.3 is 15.0 Å². The number of likely N-dealkylation sites (tertiary alicyclic amines) is 1. The van der Waals surface area contributed by atoms with E-state index < -0.39 is 0 Å². The van der Waals surface area contributed by atoms with E-state index in [0.29, 0.717) is 18.6 Å². The summed E-state index contributed by atoms with van der Waals surface area (Å²) in [6.45, 7) is 6.31. The highest BCUT2D eigenvalue weighted by Gasteiger charge is 2.28. The van der Waals surface area contributed by atoms with E-state index in [-0.39, 0.29) is 6.09 Å². The Morgan fingerprint density at radius 2 is 1.82 bits per heavy atom. The third-order valence-corrected chi connectivity index (χ3v) is 3.34. The van der Waals surface area contributed by atoms with Gasteiger partial charge in [-0.15, -0.1) is 0 Å². The average Bonchev–Trinajstić information content (AvgIpc) is 3.11. The van der Waals surface area contributed by atoms with Crippen molar-refractivity contribution < 1.29 is 9.53 Å². The largest absolute Gasteiger partial charge is 0.449 e. The van der Waals surface area contributed by atoms with Crippen LogP contribution >= 0.6 is 0 Å². The molecule has 1 aliphatic heterocycles. The number of ether oxygens (including phenoxy) is 1. The summed E-state index contributed by atoms with van der Waals surface area (Å²) >= 11 is 0. The number of nitrogens with zero attached hydrogens (tertiary/aromatic N) is 1. The van der Waals surface area contributed by atoms with E-state index in [1.807, 2.05) is 4.90 Å². The molecule has 4 heteroatoms. The van der Waals surface area contributed by atoms with Gasteiger partial charge in [0.15, 0.2) is 0 Å². The number of amides is 1. The zero-order chi connectivity index (χ0) is 12.3. The Labute approximate surface area is 104 Å². The predicted octanol–water partition coefficient (Wildman–Crippen LogP) is 2.00. The summed E-state index contributed by atoms with van der Waals surface area (Å²) in [6.07, 6.45) is 4.65. The number of nitrogens with one attached hydrogen (secondary N) is 1. The Morgan fingerprint density at radius 1 is 1.24 bits per heavy atom. The molecule has 1 amide bonds. The van der Waals surface area contributed by atoms with Gasteiger partial charge in [-0.1, -0.05) is 13.8 Å². The minimum absolute atomic E-state index is 0.136. The molecule has 1 N–H and O–H groups in total. The number of hydrogen-bond acceptors (Lipinski definition) is 3. The summed E-state index contributed by atoms with van der Waals surface area (Å²) in [7, 11) is 0. The summed E-state index contributed by atoms with van der Waals surface area (Å²) < 4.78 is 5.24. The van der Waals surface area contributed by atoms with E-state index in [1.165, 1.54) is 12.8 Å². The number of piperidine rings is 1. The normalized spacial score (nSPS) is 21.9. The minimum atomic E-state index is -0.136. The molecule has 0 spiro atoms. The molecule has 2 rings (SSSR count). The Hall–Kier alpha value is -0.770. The Balaban J connectivity index is 1.64. The van der Waals surface area contributed by atoms with Crippen molar-refractivity contribution in [3.63, 3.8) is 0 Å². The van der Waals surface area contributed by atoms with Crippen LogP contribution in [0.25, 0.3) is 0 Å². The predicted molar refractivity (Wildman–Crippen MR) is 66.9 cm³/mol. The fraction of sp³-hybridized carbons (Fsp3) is 0.923. The third kappa shape index (κ3) is 4.19. The molecular formula is C13H24N2O2. The first-order chi connectivity index (χ1) is 8.15. The highest BCUT2D eigenvalue weighted by molar-refractivity contribution is 5.67. The average molecular weight is 240 g/mol. The van der Waals surface area contributed by atoms with Gasteiger partial charge in [-0.05, 0) is 31.6 Å². The van der Waals surface area contributed by atoms with Crippen LogP contribution in [0.4, 0.5) is 4.79 Å². The third-order valence-electron chi connectivity index (χ3n) is 3.34. The van der Waals surface area contributed by atoms with Crippen LogP contribution in [0.5, 0.6) is 0 Å². The van der Waals surface area contributed by atoms with Crippen LogP contribution in [0.2, 0.25) is 0 Å². The maximum absolute atomic E-state index is 11.7. The van der Waals surface area contributed by atoms with Crippen molar-refractivity contribution in [1.29, 1.82) is 0 Å². The Kier molecular flexibility index (Phi) is 4.26. The van der Waals surface area contributed by atoms with Crippen LogP contribution in [0.1, 0.15) is 39.5 Å². The number of carbonyl (C=O) groups excluding carboxylic acids is 1. The second-order valence-electron chi connectivity index (χ2n) is 5.67. The maximum atomic E-state index is 11.7. The SMILES string of the molecule is CC(C)COC(=O)N1CCC(NC2CC2)CC1. The number of hydrogen-bond donors (Lipinski definition) is 1. The fourth-order valence-corrected chi connectivity index (χ4v) is 2.14. The molecule has 0 aromatic heterocycles. The lowest BCUT2D eigenvalue weighted by molar-refractivity contribution is 0.0817. The topological polar surface area (TPSA) is 41.6 Å². The van der Waals surface area contributed by atoms with Crippen LogP contribution in [-0.4, -0.2) is 42.8 Å². The second-order valence-corrected chi connectivity index (χ2v) is 5.67. The first kappa shape index (κ1) is 12.7. The molecule has 1 aliphatic carbocycles. The highest BCUT2D eigenvalue weighted by atomic mass is 16.6. The Morgan fingerprint density at radius 3 is 2.35 bits per heavy atom. The Bertz CT molecular complexity index is 256. The molecule has 2 fully saturated rings. The van der Waals surface area contributed by atoms with Gasteiger partial charge in [-0.2, -0.15) is 0 Å². The second kappa shape index (κ2) is 5.71. The van der Waals surface area contributed by atoms with Crippen LogP contribution < -0.4 is 5.32 Å². The molecule has 1 saturated carbocycles. The van der Waals surface area contributed by atoms with Crippen molar-refractivity contribution in [3.05, 3.63) is 0 Å². The van der Waals surface area contributed by atoms with Crippen molar-refractivity contribution in [2.45, 2.75) is 51.6 Å². The van der Waals surface area contributed by atoms with Gasteiger partial charge >= 0.3 is 6.09 Å². The van der Waals surface area contributed by atoms with Crippen molar-refractivity contribution in [3.8, 4) is 0 Å². The first-order valence-corrected chi connectivity index (χ1v) is 6.83. The molecule has 0 radical (unpaired) electrons. The monoisotopic (exact) mass is 240 g/mol. The lowest BCUT2D eigenvalue weighted by Crippen LogP contribution is -2.45. The van der Waals surface area contributed by atoms with Crippen LogP contribution in [-0.2, 0) is 4.74 Å². The molecule has 17 heavy (non-hydrogen) atoms. The molecule has 0 aromatic carbocycles. The lowest BCUT2D eigenvalue weighted by atomic mass is 10.1. The van der Waals surface area contributed by atoms with Gasteiger partial charge in [-0.3, -0.25) is 0 Å². The van der Waals surface area contributed by atoms with E-state index >= 15 is 0 Å². The molecule has 4 nitrogen and oxygen atoms in total. The van der Waals surface area contributed by atoms with E-state index in [0.717, 1.165) is 32.0 Å². The van der Waals surface area contributed by atoms with Crippen molar-refractivity contribution in [2.24, 2.45) is 5.92 Å². The van der Waals surface area contributed by atoms with E-state index in [4.69, 9.17) is 4.74 Å². The van der Waals surface area contributed by atoms with Gasteiger partial charge in [0.05, 0.1) is 6.61 Å². The minimum Gasteiger partial charge on any atom is -0.449 e. The van der Waals surface area contributed by atoms with Crippen molar-refractivity contribution in [1.82, 2.24) is 10.2 Å². The van der Waals surface area contributed by atoms with Crippen LogP contribution in [0.15, 0.2) is 0 Å². The lowest BCUT2D eigenvalue weighted by Gasteiger charge is -2.32. The molecule has 0 aromatic rings. The molecule has 0 unspecified atom stereocenters. The molecule has 98 valence electrons. The van der Waals surface area contributed by atoms with Gasteiger partial charge in [0.2, 0.25) is 0 Å². The summed E-state index contributed by atoms with van der Waals surface area (Å²) in [5.74, 6) is 0.410. The van der Waals surface area contributed by atoms with Gasteiger partial charge in [0.25, 0.3) is 0 Å². The van der Waals surface area contributed by atoms with E-state index in [9.17, 15) is 4.79 Å². The summed E-state index contributed by atoms with van der Waals surface area (Å²) in [6, 6.07) is 1.37. The fourth-order valence-electron chi connectivity index (χ4n) is 2.14. The zero-order valence-electron chi connectivity index (χ0n) is 10.9.